The average Bonchev–Trinajstić information content (AvgIpc) is 3.04. The molecule has 2 aromatic heterocycles. The van der Waals surface area contributed by atoms with Crippen LogP contribution in [0, 0.1) is 0 Å². The van der Waals surface area contributed by atoms with Crippen LogP contribution < -0.4 is 8.45 Å². The molecule has 1 atom stereocenters. The van der Waals surface area contributed by atoms with Crippen LogP contribution in [-0.2, 0) is 4.74 Å². The van der Waals surface area contributed by atoms with Gasteiger partial charge < -0.3 is 0 Å². The first kappa shape index (κ1) is 16.7. The van der Waals surface area contributed by atoms with Gasteiger partial charge in [-0.1, -0.05) is 0 Å². The summed E-state index contributed by atoms with van der Waals surface area (Å²) in [6, 6.07) is 0. The van der Waals surface area contributed by atoms with E-state index >= 15 is 0 Å². The van der Waals surface area contributed by atoms with Crippen LogP contribution in [0.2, 0.25) is 14.8 Å². The van der Waals surface area contributed by atoms with Crippen LogP contribution in [-0.4, -0.2) is 51.8 Å². The van der Waals surface area contributed by atoms with Crippen LogP contribution in [0.15, 0.2) is 18.6 Å². The summed E-state index contributed by atoms with van der Waals surface area (Å²) in [5, 5.41) is 4.44. The molecule has 0 amide bonds. The van der Waals surface area contributed by atoms with E-state index in [0.717, 1.165) is 34.4 Å². The number of ether oxygens (including phenoxy) is 2. The quantitative estimate of drug-likeness (QED) is 0.708. The molecule has 3 rings (SSSR count). The zero-order valence-corrected chi connectivity index (χ0v) is 17.1. The van der Waals surface area contributed by atoms with Gasteiger partial charge in [0.15, 0.2) is 0 Å². The minimum absolute atomic E-state index is 0.0292. The van der Waals surface area contributed by atoms with Crippen LogP contribution in [0.25, 0.3) is 11.3 Å². The maximum atomic E-state index is 5.78. The molecule has 1 saturated heterocycles. The van der Waals surface area contributed by atoms with Crippen molar-refractivity contribution in [2.75, 3.05) is 13.7 Å². The van der Waals surface area contributed by atoms with E-state index in [9.17, 15) is 0 Å². The third kappa shape index (κ3) is 3.68. The van der Waals surface area contributed by atoms with E-state index in [0.29, 0.717) is 5.88 Å². The summed E-state index contributed by atoms with van der Waals surface area (Å²) in [5.74, 6) is 0.582. The molecule has 0 saturated carbocycles. The maximum absolute atomic E-state index is 5.78. The molecule has 7 heteroatoms. The first-order chi connectivity index (χ1) is 11.0. The van der Waals surface area contributed by atoms with Gasteiger partial charge in [-0.15, -0.1) is 0 Å². The van der Waals surface area contributed by atoms with Crippen molar-refractivity contribution in [1.29, 1.82) is 0 Å². The second-order valence-corrected chi connectivity index (χ2v) is 21.2. The topological polar surface area (TPSA) is 62.1 Å². The molecule has 0 bridgehead atoms. The molecule has 2 aromatic rings. The molecule has 0 spiro atoms. The van der Waals surface area contributed by atoms with E-state index in [-0.39, 0.29) is 6.23 Å². The molecule has 124 valence electrons. The summed E-state index contributed by atoms with van der Waals surface area (Å²) in [4.78, 5) is 16.3. The summed E-state index contributed by atoms with van der Waals surface area (Å²) in [7, 11) is 1.64. The van der Waals surface area contributed by atoms with Crippen molar-refractivity contribution in [2.45, 2.75) is 40.3 Å². The standard InChI is InChI=1S/C13H15N4O2.3CH3.Sn/c1-18-13-12(14-5-6-15-13)10-8-16-17(9-10)11-4-2-3-7-19-11;;;;/h5,8-9,11H,2-4,7H2,1H3;3*1H3;. The molecule has 0 N–H and O–H groups in total. The second-order valence-electron chi connectivity index (χ2n) is 6.89. The molecule has 1 fully saturated rings. The van der Waals surface area contributed by atoms with E-state index < -0.39 is 18.4 Å². The molecule has 6 nitrogen and oxygen atoms in total. The zero-order valence-electron chi connectivity index (χ0n) is 14.2. The van der Waals surface area contributed by atoms with Gasteiger partial charge in [0, 0.05) is 0 Å². The Bertz CT molecular complexity index is 675. The van der Waals surface area contributed by atoms with Crippen LogP contribution >= 0.6 is 0 Å². The van der Waals surface area contributed by atoms with Gasteiger partial charge in [-0.2, -0.15) is 0 Å². The Morgan fingerprint density at radius 3 is 2.74 bits per heavy atom. The van der Waals surface area contributed by atoms with E-state index in [4.69, 9.17) is 14.5 Å². The summed E-state index contributed by atoms with van der Waals surface area (Å²) in [6.45, 7) is 0.802. The fourth-order valence-electron chi connectivity index (χ4n) is 2.62. The Hall–Kier alpha value is -1.15. The van der Waals surface area contributed by atoms with Gasteiger partial charge >= 0.3 is 141 Å². The summed E-state index contributed by atoms with van der Waals surface area (Å²) in [6.07, 6.45) is 9.03. The molecule has 0 aliphatic carbocycles. The Labute approximate surface area is 141 Å². The van der Waals surface area contributed by atoms with E-state index in [1.807, 2.05) is 23.3 Å². The normalized spacial score (nSPS) is 18.9. The first-order valence-electron chi connectivity index (χ1n) is 8.06. The van der Waals surface area contributed by atoms with Gasteiger partial charge in [-0.25, -0.2) is 0 Å². The van der Waals surface area contributed by atoms with Gasteiger partial charge in [0.2, 0.25) is 0 Å². The third-order valence-electron chi connectivity index (χ3n) is 4.03. The van der Waals surface area contributed by atoms with Crippen LogP contribution in [0.1, 0.15) is 25.5 Å². The van der Waals surface area contributed by atoms with E-state index in [2.05, 4.69) is 24.9 Å². The fourth-order valence-corrected chi connectivity index (χ4v) is 5.16. The van der Waals surface area contributed by atoms with Crippen molar-refractivity contribution >= 4 is 22.1 Å². The van der Waals surface area contributed by atoms with Crippen LogP contribution in [0.5, 0.6) is 5.88 Å². The summed E-state index contributed by atoms with van der Waals surface area (Å²) in [5.41, 5.74) is 1.66. The summed E-state index contributed by atoms with van der Waals surface area (Å²) < 4.78 is 14.3. The van der Waals surface area contributed by atoms with Crippen LogP contribution in [0.4, 0.5) is 0 Å². The van der Waals surface area contributed by atoms with Gasteiger partial charge in [0.25, 0.3) is 0 Å². The molecule has 3 heterocycles. The monoisotopic (exact) mass is 424 g/mol. The number of rotatable bonds is 4. The second kappa shape index (κ2) is 6.76. The van der Waals surface area contributed by atoms with Gasteiger partial charge in [0.05, 0.1) is 0 Å². The predicted molar refractivity (Wildman–Crippen MR) is 91.6 cm³/mol. The van der Waals surface area contributed by atoms with Gasteiger partial charge in [-0.3, -0.25) is 0 Å². The zero-order chi connectivity index (χ0) is 16.4. The number of nitrogens with zero attached hydrogens (tertiary/aromatic N) is 4. The van der Waals surface area contributed by atoms with Crippen LogP contribution in [0.3, 0.4) is 0 Å². The first-order valence-corrected chi connectivity index (χ1v) is 18.1. The molecular weight excluding hydrogens is 399 g/mol. The number of hydrogen-bond donors (Lipinski definition) is 0. The van der Waals surface area contributed by atoms with Crippen molar-refractivity contribution < 1.29 is 9.47 Å². The Kier molecular flexibility index (Phi) is 4.91. The summed E-state index contributed by atoms with van der Waals surface area (Å²) >= 11 is -2.26. The van der Waals surface area contributed by atoms with Crippen molar-refractivity contribution in [2.24, 2.45) is 0 Å². The number of hydrogen-bond acceptors (Lipinski definition) is 5. The molecular formula is C16H24N4O2Sn. The third-order valence-corrected chi connectivity index (χ3v) is 9.10. The van der Waals surface area contributed by atoms with E-state index in [1.54, 1.807) is 7.11 Å². The van der Waals surface area contributed by atoms with Crippen molar-refractivity contribution in [1.82, 2.24) is 19.7 Å². The number of methoxy groups -OCH3 is 1. The molecule has 23 heavy (non-hydrogen) atoms. The SMILES string of the molecule is COc1n[c]([Sn]([CH3])([CH3])[CH3])cnc1-c1cnn(C2CCCCO2)c1. The molecule has 1 aliphatic heterocycles. The number of aromatic nitrogens is 4. The Morgan fingerprint density at radius 1 is 1.26 bits per heavy atom. The Balaban J connectivity index is 1.91. The Morgan fingerprint density at radius 2 is 2.09 bits per heavy atom. The molecule has 0 radical (unpaired) electrons. The molecule has 1 unspecified atom stereocenters. The van der Waals surface area contributed by atoms with Gasteiger partial charge in [-0.05, 0) is 0 Å². The van der Waals surface area contributed by atoms with Crippen molar-refractivity contribution in [3.05, 3.63) is 18.6 Å². The molecule has 1 aliphatic rings. The predicted octanol–water partition coefficient (Wildman–Crippen LogP) is 2.59. The van der Waals surface area contributed by atoms with Gasteiger partial charge in [0.1, 0.15) is 0 Å². The molecule has 0 aromatic carbocycles. The average molecular weight is 423 g/mol. The van der Waals surface area contributed by atoms with E-state index in [1.165, 1.54) is 6.42 Å². The van der Waals surface area contributed by atoms with Crippen molar-refractivity contribution in [3.8, 4) is 17.1 Å². The fraction of sp³-hybridized carbons (Fsp3) is 0.562. The van der Waals surface area contributed by atoms with Crippen molar-refractivity contribution in [3.63, 3.8) is 0 Å². The minimum atomic E-state index is -2.26.